The standard InChI is InChI=1S/C14H23NO2/c1-10-5-6-13(11(2)7-10)12(3)15-14(4,8-16)9-17/h5-7,12,15-17H,8-9H2,1-4H3. The molecule has 17 heavy (non-hydrogen) atoms. The Balaban J connectivity index is 2.86. The molecule has 3 heteroatoms. The highest BCUT2D eigenvalue weighted by Crippen LogP contribution is 2.21. The molecule has 0 aliphatic heterocycles. The highest BCUT2D eigenvalue weighted by Gasteiger charge is 2.25. The topological polar surface area (TPSA) is 52.5 Å². The Morgan fingerprint density at radius 2 is 1.82 bits per heavy atom. The van der Waals surface area contributed by atoms with Crippen LogP contribution >= 0.6 is 0 Å². The van der Waals surface area contributed by atoms with E-state index in [1.807, 2.05) is 13.8 Å². The van der Waals surface area contributed by atoms with Gasteiger partial charge < -0.3 is 15.5 Å². The molecule has 0 saturated heterocycles. The fourth-order valence-electron chi connectivity index (χ4n) is 2.05. The fraction of sp³-hybridized carbons (Fsp3) is 0.571. The smallest absolute Gasteiger partial charge is 0.0633 e. The number of benzene rings is 1. The van der Waals surface area contributed by atoms with Crippen molar-refractivity contribution in [2.24, 2.45) is 0 Å². The molecular formula is C14H23NO2. The molecule has 1 atom stereocenters. The first-order valence-electron chi connectivity index (χ1n) is 5.98. The molecule has 1 rings (SSSR count). The summed E-state index contributed by atoms with van der Waals surface area (Å²) in [5.41, 5.74) is 3.02. The van der Waals surface area contributed by atoms with Crippen LogP contribution < -0.4 is 5.32 Å². The van der Waals surface area contributed by atoms with Crippen molar-refractivity contribution in [2.75, 3.05) is 13.2 Å². The first kappa shape index (κ1) is 14.2. The van der Waals surface area contributed by atoms with Crippen LogP contribution in [0.4, 0.5) is 0 Å². The molecule has 0 aliphatic carbocycles. The van der Waals surface area contributed by atoms with Crippen molar-refractivity contribution in [3.8, 4) is 0 Å². The minimum Gasteiger partial charge on any atom is -0.394 e. The van der Waals surface area contributed by atoms with Crippen LogP contribution in [-0.2, 0) is 0 Å². The lowest BCUT2D eigenvalue weighted by molar-refractivity contribution is 0.0957. The van der Waals surface area contributed by atoms with Gasteiger partial charge in [-0.3, -0.25) is 0 Å². The van der Waals surface area contributed by atoms with Gasteiger partial charge in [0.25, 0.3) is 0 Å². The number of rotatable bonds is 5. The van der Waals surface area contributed by atoms with E-state index in [0.717, 1.165) is 0 Å². The minimum absolute atomic E-state index is 0.0846. The van der Waals surface area contributed by atoms with Crippen LogP contribution in [0.3, 0.4) is 0 Å². The summed E-state index contributed by atoms with van der Waals surface area (Å²) in [5.74, 6) is 0. The zero-order valence-electron chi connectivity index (χ0n) is 11.1. The molecule has 0 spiro atoms. The van der Waals surface area contributed by atoms with Crippen molar-refractivity contribution in [2.45, 2.75) is 39.3 Å². The summed E-state index contributed by atoms with van der Waals surface area (Å²) in [6.45, 7) is 7.84. The second kappa shape index (κ2) is 5.63. The lowest BCUT2D eigenvalue weighted by Crippen LogP contribution is -2.50. The van der Waals surface area contributed by atoms with Crippen LogP contribution in [0.5, 0.6) is 0 Å². The van der Waals surface area contributed by atoms with Crippen molar-refractivity contribution in [3.63, 3.8) is 0 Å². The van der Waals surface area contributed by atoms with E-state index in [0.29, 0.717) is 0 Å². The van der Waals surface area contributed by atoms with Crippen molar-refractivity contribution in [3.05, 3.63) is 34.9 Å². The van der Waals surface area contributed by atoms with Crippen LogP contribution in [-0.4, -0.2) is 29.0 Å². The molecule has 1 aromatic rings. The highest BCUT2D eigenvalue weighted by atomic mass is 16.3. The van der Waals surface area contributed by atoms with Gasteiger partial charge in [-0.2, -0.15) is 0 Å². The largest absolute Gasteiger partial charge is 0.394 e. The lowest BCUT2D eigenvalue weighted by atomic mass is 9.97. The Morgan fingerprint density at radius 3 is 2.29 bits per heavy atom. The van der Waals surface area contributed by atoms with Crippen molar-refractivity contribution in [1.82, 2.24) is 5.32 Å². The third kappa shape index (κ3) is 3.53. The summed E-state index contributed by atoms with van der Waals surface area (Å²) in [7, 11) is 0. The van der Waals surface area contributed by atoms with Gasteiger partial charge in [-0.05, 0) is 38.8 Å². The first-order chi connectivity index (χ1) is 7.91. The molecule has 1 unspecified atom stereocenters. The van der Waals surface area contributed by atoms with E-state index >= 15 is 0 Å². The molecule has 0 amide bonds. The molecule has 1 aromatic carbocycles. The normalized spacial score (nSPS) is 13.8. The van der Waals surface area contributed by atoms with Gasteiger partial charge in [0.1, 0.15) is 0 Å². The predicted molar refractivity (Wildman–Crippen MR) is 70.0 cm³/mol. The quantitative estimate of drug-likeness (QED) is 0.730. The first-order valence-corrected chi connectivity index (χ1v) is 5.98. The number of nitrogens with one attached hydrogen (secondary N) is 1. The van der Waals surface area contributed by atoms with E-state index in [4.69, 9.17) is 0 Å². The molecule has 0 bridgehead atoms. The number of hydrogen-bond donors (Lipinski definition) is 3. The van der Waals surface area contributed by atoms with E-state index in [-0.39, 0.29) is 19.3 Å². The van der Waals surface area contributed by atoms with Crippen molar-refractivity contribution in [1.29, 1.82) is 0 Å². The van der Waals surface area contributed by atoms with E-state index in [1.54, 1.807) is 0 Å². The number of aryl methyl sites for hydroxylation is 2. The summed E-state index contributed by atoms with van der Waals surface area (Å²) in [5, 5.41) is 21.8. The van der Waals surface area contributed by atoms with Gasteiger partial charge in [0.15, 0.2) is 0 Å². The third-order valence-electron chi connectivity index (χ3n) is 3.15. The maximum Gasteiger partial charge on any atom is 0.0633 e. The van der Waals surface area contributed by atoms with Crippen molar-refractivity contribution < 1.29 is 10.2 Å². The zero-order valence-corrected chi connectivity index (χ0v) is 11.1. The summed E-state index contributed by atoms with van der Waals surface area (Å²) in [4.78, 5) is 0. The monoisotopic (exact) mass is 237 g/mol. The molecule has 3 nitrogen and oxygen atoms in total. The van der Waals surface area contributed by atoms with Gasteiger partial charge in [-0.15, -0.1) is 0 Å². The molecule has 0 aromatic heterocycles. The number of hydrogen-bond acceptors (Lipinski definition) is 3. The second-order valence-corrected chi connectivity index (χ2v) is 5.10. The SMILES string of the molecule is Cc1ccc(C(C)NC(C)(CO)CO)c(C)c1. The van der Waals surface area contributed by atoms with Gasteiger partial charge in [-0.1, -0.05) is 23.8 Å². The van der Waals surface area contributed by atoms with Crippen molar-refractivity contribution >= 4 is 0 Å². The molecule has 0 radical (unpaired) electrons. The molecule has 0 aliphatic rings. The Kier molecular flexibility index (Phi) is 4.69. The average molecular weight is 237 g/mol. The Labute approximate surface area is 103 Å². The maximum absolute atomic E-state index is 9.27. The van der Waals surface area contributed by atoms with Crippen LogP contribution in [0.2, 0.25) is 0 Å². The van der Waals surface area contributed by atoms with Gasteiger partial charge in [-0.25, -0.2) is 0 Å². The number of aliphatic hydroxyl groups is 2. The summed E-state index contributed by atoms with van der Waals surface area (Å²) < 4.78 is 0. The second-order valence-electron chi connectivity index (χ2n) is 5.10. The Hall–Kier alpha value is -0.900. The van der Waals surface area contributed by atoms with Gasteiger partial charge in [0.05, 0.1) is 18.8 Å². The van der Waals surface area contributed by atoms with E-state index in [2.05, 4.69) is 37.4 Å². The molecule has 0 fully saturated rings. The van der Waals surface area contributed by atoms with Gasteiger partial charge in [0, 0.05) is 6.04 Å². The predicted octanol–water partition coefficient (Wildman–Crippen LogP) is 1.70. The average Bonchev–Trinajstić information content (AvgIpc) is 2.28. The summed E-state index contributed by atoms with van der Waals surface area (Å²) >= 11 is 0. The molecule has 0 saturated carbocycles. The summed E-state index contributed by atoms with van der Waals surface area (Å²) in [6, 6.07) is 6.41. The van der Waals surface area contributed by atoms with E-state index in [9.17, 15) is 10.2 Å². The van der Waals surface area contributed by atoms with Crippen LogP contribution in [0.1, 0.15) is 36.6 Å². The third-order valence-corrected chi connectivity index (χ3v) is 3.15. The number of aliphatic hydroxyl groups excluding tert-OH is 2. The van der Waals surface area contributed by atoms with Gasteiger partial charge in [0.2, 0.25) is 0 Å². The van der Waals surface area contributed by atoms with Crippen LogP contribution in [0.25, 0.3) is 0 Å². The molecule has 3 N–H and O–H groups in total. The Bertz CT molecular complexity index is 372. The molecular weight excluding hydrogens is 214 g/mol. The fourth-order valence-corrected chi connectivity index (χ4v) is 2.05. The highest BCUT2D eigenvalue weighted by molar-refractivity contribution is 5.32. The maximum atomic E-state index is 9.27. The minimum atomic E-state index is -0.642. The van der Waals surface area contributed by atoms with E-state index in [1.165, 1.54) is 16.7 Å². The zero-order chi connectivity index (χ0) is 13.1. The van der Waals surface area contributed by atoms with E-state index < -0.39 is 5.54 Å². The van der Waals surface area contributed by atoms with Crippen LogP contribution in [0, 0.1) is 13.8 Å². The van der Waals surface area contributed by atoms with Gasteiger partial charge >= 0.3 is 0 Å². The Morgan fingerprint density at radius 1 is 1.24 bits per heavy atom. The lowest BCUT2D eigenvalue weighted by Gasteiger charge is -2.31. The molecule has 96 valence electrons. The molecule has 0 heterocycles. The van der Waals surface area contributed by atoms with Crippen LogP contribution in [0.15, 0.2) is 18.2 Å². The summed E-state index contributed by atoms with van der Waals surface area (Å²) in [6.07, 6.45) is 0.